The van der Waals surface area contributed by atoms with Crippen LogP contribution < -0.4 is 5.32 Å². The van der Waals surface area contributed by atoms with E-state index in [9.17, 15) is 13.2 Å². The molecular weight excluding hydrogens is 406 g/mol. The van der Waals surface area contributed by atoms with Crippen molar-refractivity contribution in [1.82, 2.24) is 9.88 Å². The number of anilines is 1. The molecule has 0 aliphatic heterocycles. The standard InChI is InChI=1S/C17H20BrN3O3S/c1-13-4-3-5-16(19-13)20-17(22)12-21(2)10-11-25(23,24)15-8-6-14(18)7-9-15/h3-9H,10-12H2,1-2H3,(H,19,20,22). The number of hydrogen-bond donors (Lipinski definition) is 1. The van der Waals surface area contributed by atoms with E-state index in [0.717, 1.165) is 10.2 Å². The third kappa shape index (κ3) is 6.22. The maximum Gasteiger partial charge on any atom is 0.239 e. The number of carbonyl (C=O) groups is 1. The predicted molar refractivity (Wildman–Crippen MR) is 101 cm³/mol. The lowest BCUT2D eigenvalue weighted by Gasteiger charge is -2.16. The first-order valence-electron chi connectivity index (χ1n) is 7.67. The smallest absolute Gasteiger partial charge is 0.239 e. The summed E-state index contributed by atoms with van der Waals surface area (Å²) >= 11 is 3.28. The lowest BCUT2D eigenvalue weighted by Crippen LogP contribution is -2.33. The molecule has 0 radical (unpaired) electrons. The van der Waals surface area contributed by atoms with Crippen LogP contribution in [0.15, 0.2) is 51.8 Å². The molecule has 0 saturated heterocycles. The summed E-state index contributed by atoms with van der Waals surface area (Å²) in [6.07, 6.45) is 0. The average molecular weight is 426 g/mol. The van der Waals surface area contributed by atoms with E-state index < -0.39 is 9.84 Å². The van der Waals surface area contributed by atoms with Crippen molar-refractivity contribution in [1.29, 1.82) is 0 Å². The minimum Gasteiger partial charge on any atom is -0.310 e. The maximum absolute atomic E-state index is 12.3. The third-order valence-corrected chi connectivity index (χ3v) is 5.72. The van der Waals surface area contributed by atoms with Crippen LogP contribution in [-0.4, -0.2) is 50.1 Å². The van der Waals surface area contributed by atoms with Gasteiger partial charge in [-0.25, -0.2) is 13.4 Å². The number of aromatic nitrogens is 1. The van der Waals surface area contributed by atoms with Crippen LogP contribution in [0.1, 0.15) is 5.69 Å². The Hall–Kier alpha value is -1.77. The van der Waals surface area contributed by atoms with E-state index in [1.165, 1.54) is 0 Å². The quantitative estimate of drug-likeness (QED) is 0.736. The fraction of sp³-hybridized carbons (Fsp3) is 0.294. The van der Waals surface area contributed by atoms with Gasteiger partial charge < -0.3 is 5.32 Å². The number of likely N-dealkylation sites (N-methyl/N-ethyl adjacent to an activating group) is 1. The Morgan fingerprint density at radius 2 is 1.88 bits per heavy atom. The molecule has 0 bridgehead atoms. The lowest BCUT2D eigenvalue weighted by atomic mass is 10.3. The van der Waals surface area contributed by atoms with E-state index in [2.05, 4.69) is 26.2 Å². The monoisotopic (exact) mass is 425 g/mol. The normalized spacial score (nSPS) is 11.5. The predicted octanol–water partition coefficient (Wildman–Crippen LogP) is 2.50. The maximum atomic E-state index is 12.3. The number of carbonyl (C=O) groups excluding carboxylic acids is 1. The molecule has 0 aliphatic rings. The zero-order chi connectivity index (χ0) is 18.4. The van der Waals surface area contributed by atoms with Crippen molar-refractivity contribution in [2.45, 2.75) is 11.8 Å². The summed E-state index contributed by atoms with van der Waals surface area (Å²) in [6, 6.07) is 11.9. The molecule has 0 fully saturated rings. The van der Waals surface area contributed by atoms with Gasteiger partial charge in [0, 0.05) is 16.7 Å². The van der Waals surface area contributed by atoms with Crippen LogP contribution in [0.5, 0.6) is 0 Å². The summed E-state index contributed by atoms with van der Waals surface area (Å²) in [5, 5.41) is 2.70. The first kappa shape index (κ1) is 19.6. The highest BCUT2D eigenvalue weighted by Crippen LogP contribution is 2.16. The molecule has 2 rings (SSSR count). The molecule has 8 heteroatoms. The fourth-order valence-electron chi connectivity index (χ4n) is 2.16. The second-order valence-corrected chi connectivity index (χ2v) is 8.75. The molecule has 1 amide bonds. The highest BCUT2D eigenvalue weighted by molar-refractivity contribution is 9.10. The molecule has 25 heavy (non-hydrogen) atoms. The molecule has 2 aromatic rings. The van der Waals surface area contributed by atoms with Crippen LogP contribution in [0.2, 0.25) is 0 Å². The number of benzene rings is 1. The molecule has 134 valence electrons. The number of pyridine rings is 1. The minimum atomic E-state index is -3.38. The summed E-state index contributed by atoms with van der Waals surface area (Å²) in [4.78, 5) is 18.2. The summed E-state index contributed by atoms with van der Waals surface area (Å²) in [5.41, 5.74) is 0.812. The molecule has 1 N–H and O–H groups in total. The van der Waals surface area contributed by atoms with Gasteiger partial charge in [-0.2, -0.15) is 0 Å². The molecule has 0 unspecified atom stereocenters. The van der Waals surface area contributed by atoms with Crippen LogP contribution in [0.4, 0.5) is 5.82 Å². The fourth-order valence-corrected chi connectivity index (χ4v) is 3.76. The Morgan fingerprint density at radius 3 is 2.52 bits per heavy atom. The lowest BCUT2D eigenvalue weighted by molar-refractivity contribution is -0.117. The summed E-state index contributed by atoms with van der Waals surface area (Å²) < 4.78 is 25.4. The third-order valence-electron chi connectivity index (χ3n) is 3.48. The van der Waals surface area contributed by atoms with Crippen molar-refractivity contribution in [3.8, 4) is 0 Å². The molecule has 1 aromatic heterocycles. The molecule has 1 heterocycles. The highest BCUT2D eigenvalue weighted by atomic mass is 79.9. The first-order valence-corrected chi connectivity index (χ1v) is 10.1. The molecular formula is C17H20BrN3O3S. The summed E-state index contributed by atoms with van der Waals surface area (Å²) in [5.74, 6) is 0.198. The van der Waals surface area contributed by atoms with Gasteiger partial charge in [-0.15, -0.1) is 0 Å². The number of aryl methyl sites for hydroxylation is 1. The Labute approximate surface area is 156 Å². The zero-order valence-corrected chi connectivity index (χ0v) is 16.5. The first-order chi connectivity index (χ1) is 11.8. The highest BCUT2D eigenvalue weighted by Gasteiger charge is 2.16. The minimum absolute atomic E-state index is 0.0545. The van der Waals surface area contributed by atoms with Crippen LogP contribution in [-0.2, 0) is 14.6 Å². The number of hydrogen-bond acceptors (Lipinski definition) is 5. The number of halogens is 1. The van der Waals surface area contributed by atoms with Gasteiger partial charge in [0.05, 0.1) is 17.2 Å². The van der Waals surface area contributed by atoms with Gasteiger partial charge in [-0.05, 0) is 50.4 Å². The van der Waals surface area contributed by atoms with Crippen molar-refractivity contribution in [3.63, 3.8) is 0 Å². The van der Waals surface area contributed by atoms with Crippen LogP contribution >= 0.6 is 15.9 Å². The van der Waals surface area contributed by atoms with E-state index in [1.54, 1.807) is 42.3 Å². The molecule has 0 saturated carbocycles. The summed E-state index contributed by atoms with van der Waals surface area (Å²) in [6.45, 7) is 2.19. The van der Waals surface area contributed by atoms with Gasteiger partial charge in [0.2, 0.25) is 5.91 Å². The Bertz CT molecular complexity index is 838. The van der Waals surface area contributed by atoms with E-state index in [4.69, 9.17) is 0 Å². The van der Waals surface area contributed by atoms with E-state index >= 15 is 0 Å². The van der Waals surface area contributed by atoms with Crippen LogP contribution in [0, 0.1) is 6.92 Å². The van der Waals surface area contributed by atoms with E-state index in [0.29, 0.717) is 5.82 Å². The van der Waals surface area contributed by atoms with Gasteiger partial charge >= 0.3 is 0 Å². The van der Waals surface area contributed by atoms with E-state index in [1.807, 2.05) is 19.1 Å². The molecule has 6 nitrogen and oxygen atoms in total. The summed E-state index contributed by atoms with van der Waals surface area (Å²) in [7, 11) is -1.67. The van der Waals surface area contributed by atoms with Crippen LogP contribution in [0.25, 0.3) is 0 Å². The van der Waals surface area contributed by atoms with Crippen molar-refractivity contribution < 1.29 is 13.2 Å². The number of sulfone groups is 1. The number of rotatable bonds is 7. The van der Waals surface area contributed by atoms with Crippen molar-refractivity contribution in [3.05, 3.63) is 52.6 Å². The van der Waals surface area contributed by atoms with E-state index in [-0.39, 0.29) is 29.6 Å². The Morgan fingerprint density at radius 1 is 1.20 bits per heavy atom. The molecule has 0 atom stereocenters. The molecule has 0 spiro atoms. The molecule has 0 aliphatic carbocycles. The van der Waals surface area contributed by atoms with Gasteiger partial charge in [-0.1, -0.05) is 22.0 Å². The topological polar surface area (TPSA) is 79.4 Å². The van der Waals surface area contributed by atoms with Gasteiger partial charge in [0.15, 0.2) is 9.84 Å². The number of amides is 1. The Balaban J connectivity index is 1.86. The second-order valence-electron chi connectivity index (χ2n) is 5.72. The van der Waals surface area contributed by atoms with Crippen LogP contribution in [0.3, 0.4) is 0 Å². The SMILES string of the molecule is Cc1cccc(NC(=O)CN(C)CCS(=O)(=O)c2ccc(Br)cc2)n1. The van der Waals surface area contributed by atoms with Gasteiger partial charge in [0.1, 0.15) is 5.82 Å². The number of nitrogens with zero attached hydrogens (tertiary/aromatic N) is 2. The van der Waals surface area contributed by atoms with Crippen molar-refractivity contribution in [2.24, 2.45) is 0 Å². The zero-order valence-electron chi connectivity index (χ0n) is 14.1. The van der Waals surface area contributed by atoms with Gasteiger partial charge in [-0.3, -0.25) is 9.69 Å². The number of nitrogens with one attached hydrogen (secondary N) is 1. The average Bonchev–Trinajstić information content (AvgIpc) is 2.53. The van der Waals surface area contributed by atoms with Crippen molar-refractivity contribution >= 4 is 37.5 Å². The Kier molecular flexibility index (Phi) is 6.69. The largest absolute Gasteiger partial charge is 0.310 e. The molecule has 1 aromatic carbocycles. The van der Waals surface area contributed by atoms with Crippen molar-refractivity contribution in [2.75, 3.05) is 31.2 Å². The second kappa shape index (κ2) is 8.55. The van der Waals surface area contributed by atoms with Gasteiger partial charge in [0.25, 0.3) is 0 Å².